The van der Waals surface area contributed by atoms with Crippen LogP contribution in [0.15, 0.2) is 12.1 Å². The maximum atomic E-state index is 12.9. The zero-order chi connectivity index (χ0) is 10.0. The first-order valence-electron chi connectivity index (χ1n) is 3.23. The van der Waals surface area contributed by atoms with Crippen LogP contribution in [0.1, 0.15) is 20.7 Å². The van der Waals surface area contributed by atoms with Crippen LogP contribution in [0.25, 0.3) is 0 Å². The number of rotatable bonds is 2. The predicted molar refractivity (Wildman–Crippen MR) is 38.7 cm³/mol. The average molecular weight is 186 g/mol. The molecule has 0 spiro atoms. The van der Waals surface area contributed by atoms with Crippen molar-refractivity contribution in [1.29, 1.82) is 0 Å². The fourth-order valence-electron chi connectivity index (χ4n) is 0.852. The van der Waals surface area contributed by atoms with Crippen LogP contribution < -0.4 is 0 Å². The van der Waals surface area contributed by atoms with Gasteiger partial charge in [0.2, 0.25) is 0 Å². The van der Waals surface area contributed by atoms with Crippen molar-refractivity contribution in [2.45, 2.75) is 0 Å². The van der Waals surface area contributed by atoms with Gasteiger partial charge in [0.05, 0.1) is 11.1 Å². The van der Waals surface area contributed by atoms with E-state index in [9.17, 15) is 18.4 Å². The molecular formula is C8H4F2O3. The van der Waals surface area contributed by atoms with Crippen molar-refractivity contribution in [3.05, 3.63) is 34.9 Å². The molecule has 0 aliphatic heterocycles. The van der Waals surface area contributed by atoms with Crippen LogP contribution in [0.5, 0.6) is 0 Å². The Bertz CT molecular complexity index is 374. The second-order valence-corrected chi connectivity index (χ2v) is 2.28. The number of carbonyl (C=O) groups excluding carboxylic acids is 1. The first kappa shape index (κ1) is 9.31. The normalized spacial score (nSPS) is 9.69. The highest BCUT2D eigenvalue weighted by atomic mass is 19.1. The summed E-state index contributed by atoms with van der Waals surface area (Å²) in [6, 6.07) is 1.15. The smallest absolute Gasteiger partial charge is 0.338 e. The molecule has 0 aliphatic carbocycles. The van der Waals surface area contributed by atoms with E-state index < -0.39 is 28.7 Å². The van der Waals surface area contributed by atoms with Crippen LogP contribution in [0, 0.1) is 11.6 Å². The third-order valence-corrected chi connectivity index (χ3v) is 1.42. The SMILES string of the molecule is O=Cc1cc(F)cc(C(=O)O)c1F. The molecule has 0 amide bonds. The highest BCUT2D eigenvalue weighted by Crippen LogP contribution is 2.13. The summed E-state index contributed by atoms with van der Waals surface area (Å²) in [6.07, 6.45) is 0.0604. The van der Waals surface area contributed by atoms with Crippen LogP contribution in [0.3, 0.4) is 0 Å². The van der Waals surface area contributed by atoms with Crippen molar-refractivity contribution in [2.75, 3.05) is 0 Å². The number of hydrogen-bond donors (Lipinski definition) is 1. The van der Waals surface area contributed by atoms with Crippen molar-refractivity contribution in [3.63, 3.8) is 0 Å². The fourth-order valence-corrected chi connectivity index (χ4v) is 0.852. The minimum atomic E-state index is -1.61. The third-order valence-electron chi connectivity index (χ3n) is 1.42. The van der Waals surface area contributed by atoms with Crippen molar-refractivity contribution in [1.82, 2.24) is 0 Å². The van der Waals surface area contributed by atoms with Gasteiger partial charge in [0, 0.05) is 0 Å². The molecule has 0 aromatic heterocycles. The highest BCUT2D eigenvalue weighted by molar-refractivity contribution is 5.90. The van der Waals surface area contributed by atoms with Gasteiger partial charge in [-0.3, -0.25) is 4.79 Å². The molecule has 1 aromatic carbocycles. The maximum absolute atomic E-state index is 12.9. The van der Waals surface area contributed by atoms with Crippen LogP contribution in [-0.2, 0) is 0 Å². The lowest BCUT2D eigenvalue weighted by atomic mass is 10.1. The lowest BCUT2D eigenvalue weighted by Crippen LogP contribution is -2.04. The molecule has 1 aromatic rings. The second kappa shape index (κ2) is 3.30. The first-order chi connectivity index (χ1) is 6.06. The van der Waals surface area contributed by atoms with Gasteiger partial charge in [-0.15, -0.1) is 0 Å². The number of carboxylic acid groups (broad SMARTS) is 1. The Hall–Kier alpha value is -1.78. The number of carboxylic acids is 1. The molecular weight excluding hydrogens is 182 g/mol. The number of halogens is 2. The molecule has 68 valence electrons. The molecule has 5 heteroatoms. The fraction of sp³-hybridized carbons (Fsp3) is 0. The van der Waals surface area contributed by atoms with Crippen LogP contribution in [-0.4, -0.2) is 17.4 Å². The average Bonchev–Trinajstić information content (AvgIpc) is 2.08. The van der Waals surface area contributed by atoms with E-state index in [1.54, 1.807) is 0 Å². The first-order valence-corrected chi connectivity index (χ1v) is 3.23. The molecule has 0 saturated heterocycles. The summed E-state index contributed by atoms with van der Waals surface area (Å²) < 4.78 is 25.5. The molecule has 0 bridgehead atoms. The maximum Gasteiger partial charge on any atom is 0.338 e. The zero-order valence-electron chi connectivity index (χ0n) is 6.25. The van der Waals surface area contributed by atoms with Gasteiger partial charge in [-0.25, -0.2) is 13.6 Å². The Balaban J connectivity index is 3.44. The summed E-state index contributed by atoms with van der Waals surface area (Å²) >= 11 is 0. The van der Waals surface area contributed by atoms with Gasteiger partial charge in [0.1, 0.15) is 11.6 Å². The second-order valence-electron chi connectivity index (χ2n) is 2.28. The number of benzene rings is 1. The Morgan fingerprint density at radius 2 is 2.00 bits per heavy atom. The number of aromatic carboxylic acids is 1. The Labute approximate surface area is 71.6 Å². The molecule has 0 saturated carbocycles. The van der Waals surface area contributed by atoms with E-state index in [1.165, 1.54) is 0 Å². The van der Waals surface area contributed by atoms with Gasteiger partial charge in [0.15, 0.2) is 6.29 Å². The van der Waals surface area contributed by atoms with E-state index in [2.05, 4.69) is 0 Å². The van der Waals surface area contributed by atoms with E-state index in [4.69, 9.17) is 5.11 Å². The van der Waals surface area contributed by atoms with Gasteiger partial charge >= 0.3 is 5.97 Å². The molecule has 0 heterocycles. The van der Waals surface area contributed by atoms with Gasteiger partial charge in [0.25, 0.3) is 0 Å². The molecule has 1 N–H and O–H groups in total. The molecule has 3 nitrogen and oxygen atoms in total. The molecule has 13 heavy (non-hydrogen) atoms. The molecule has 1 rings (SSSR count). The number of hydrogen-bond acceptors (Lipinski definition) is 2. The predicted octanol–water partition coefficient (Wildman–Crippen LogP) is 1.48. The van der Waals surface area contributed by atoms with Crippen molar-refractivity contribution in [2.24, 2.45) is 0 Å². The van der Waals surface area contributed by atoms with E-state index in [-0.39, 0.29) is 6.29 Å². The van der Waals surface area contributed by atoms with Gasteiger partial charge in [-0.2, -0.15) is 0 Å². The number of aldehydes is 1. The van der Waals surface area contributed by atoms with Gasteiger partial charge in [-0.1, -0.05) is 0 Å². The van der Waals surface area contributed by atoms with E-state index in [0.717, 1.165) is 0 Å². The molecule has 0 aliphatic rings. The van der Waals surface area contributed by atoms with Crippen LogP contribution in [0.4, 0.5) is 8.78 Å². The highest BCUT2D eigenvalue weighted by Gasteiger charge is 2.15. The quantitative estimate of drug-likeness (QED) is 0.711. The molecule has 0 atom stereocenters. The Morgan fingerprint density at radius 1 is 1.38 bits per heavy atom. The summed E-state index contributed by atoms with van der Waals surface area (Å²) in [6.45, 7) is 0. The largest absolute Gasteiger partial charge is 0.478 e. The standard InChI is InChI=1S/C8H4F2O3/c9-5-1-4(3-11)7(10)6(2-5)8(12)13/h1-3H,(H,12,13). The van der Waals surface area contributed by atoms with Gasteiger partial charge < -0.3 is 5.11 Å². The lowest BCUT2D eigenvalue weighted by molar-refractivity contribution is 0.0691. The van der Waals surface area contributed by atoms with E-state index in [0.29, 0.717) is 12.1 Å². The Kier molecular flexibility index (Phi) is 2.36. The Morgan fingerprint density at radius 3 is 2.46 bits per heavy atom. The summed E-state index contributed by atoms with van der Waals surface area (Å²) in [4.78, 5) is 20.5. The molecule has 0 radical (unpaired) electrons. The van der Waals surface area contributed by atoms with Crippen molar-refractivity contribution >= 4 is 12.3 Å². The van der Waals surface area contributed by atoms with Crippen molar-refractivity contribution in [3.8, 4) is 0 Å². The summed E-state index contributed by atoms with van der Waals surface area (Å²) in [7, 11) is 0. The number of carbonyl (C=O) groups is 2. The molecule has 0 unspecified atom stereocenters. The molecule has 0 fully saturated rings. The van der Waals surface area contributed by atoms with Crippen LogP contribution >= 0.6 is 0 Å². The monoisotopic (exact) mass is 186 g/mol. The topological polar surface area (TPSA) is 54.4 Å². The van der Waals surface area contributed by atoms with E-state index >= 15 is 0 Å². The van der Waals surface area contributed by atoms with Crippen molar-refractivity contribution < 1.29 is 23.5 Å². The zero-order valence-corrected chi connectivity index (χ0v) is 6.25. The summed E-state index contributed by atoms with van der Waals surface area (Å²) in [5.74, 6) is -3.79. The van der Waals surface area contributed by atoms with E-state index in [1.807, 2.05) is 0 Å². The van der Waals surface area contributed by atoms with Crippen LogP contribution in [0.2, 0.25) is 0 Å². The lowest BCUT2D eigenvalue weighted by Gasteiger charge is -1.99. The summed E-state index contributed by atoms with van der Waals surface area (Å²) in [5.41, 5.74) is -1.44. The minimum absolute atomic E-state index is 0.0604. The summed E-state index contributed by atoms with van der Waals surface area (Å²) in [5, 5.41) is 8.39. The van der Waals surface area contributed by atoms with Gasteiger partial charge in [-0.05, 0) is 12.1 Å². The minimum Gasteiger partial charge on any atom is -0.478 e. The third kappa shape index (κ3) is 1.69.